The number of Topliss-reactive ketones (excluding diaryl/α,β-unsaturated/α-hetero) is 1. The Labute approximate surface area is 318 Å². The number of ketones is 1. The third-order valence-corrected chi connectivity index (χ3v) is 14.8. The summed E-state index contributed by atoms with van der Waals surface area (Å²) in [5, 5.41) is 0. The van der Waals surface area contributed by atoms with E-state index < -0.39 is 60.4 Å². The van der Waals surface area contributed by atoms with Crippen LogP contribution in [0.3, 0.4) is 0 Å². The molecule has 0 radical (unpaired) electrons. The molecule has 13 heteroatoms. The molecule has 0 aromatic heterocycles. The first-order valence-corrected chi connectivity index (χ1v) is 20.3. The Balaban J connectivity index is 1.08. The minimum Gasteiger partial charge on any atom is -0.463 e. The maximum Gasteiger partial charge on any atom is 0.303 e. The Morgan fingerprint density at radius 1 is 0.796 bits per heavy atom. The van der Waals surface area contributed by atoms with Crippen LogP contribution in [-0.4, -0.2) is 91.6 Å². The van der Waals surface area contributed by atoms with Gasteiger partial charge in [0.2, 0.25) is 0 Å². The van der Waals surface area contributed by atoms with Crippen molar-refractivity contribution >= 4 is 29.7 Å². The van der Waals surface area contributed by atoms with Gasteiger partial charge in [0.25, 0.3) is 0 Å². The first-order chi connectivity index (χ1) is 25.5. The van der Waals surface area contributed by atoms with Crippen molar-refractivity contribution in [2.24, 2.45) is 52.3 Å². The predicted molar refractivity (Wildman–Crippen MR) is 189 cm³/mol. The fourth-order valence-electron chi connectivity index (χ4n) is 12.7. The Morgan fingerprint density at radius 2 is 1.48 bits per heavy atom. The zero-order valence-corrected chi connectivity index (χ0v) is 33.2. The Bertz CT molecular complexity index is 1490. The van der Waals surface area contributed by atoms with Gasteiger partial charge in [-0.2, -0.15) is 0 Å². The summed E-state index contributed by atoms with van der Waals surface area (Å²) in [5.41, 5.74) is -0.312. The molecule has 0 unspecified atom stereocenters. The second-order valence-corrected chi connectivity index (χ2v) is 18.3. The van der Waals surface area contributed by atoms with Gasteiger partial charge in [0, 0.05) is 52.4 Å². The fraction of sp³-hybridized carbons (Fsp3) is 0.878. The number of esters is 4. The lowest BCUT2D eigenvalue weighted by Gasteiger charge is -2.60. The minimum atomic E-state index is -1.28. The van der Waals surface area contributed by atoms with Gasteiger partial charge in [-0.3, -0.25) is 24.0 Å². The van der Waals surface area contributed by atoms with Gasteiger partial charge in [-0.15, -0.1) is 0 Å². The molecule has 302 valence electrons. The molecular formula is C41H60O13. The first-order valence-electron chi connectivity index (χ1n) is 20.3. The summed E-state index contributed by atoms with van der Waals surface area (Å²) in [5.74, 6) is -0.770. The smallest absolute Gasteiger partial charge is 0.303 e. The molecule has 0 bridgehead atoms. The highest BCUT2D eigenvalue weighted by Gasteiger charge is 2.71. The molecule has 0 N–H and O–H groups in total. The topological polar surface area (TPSA) is 159 Å². The fourth-order valence-corrected chi connectivity index (χ4v) is 12.7. The maximum absolute atomic E-state index is 14.6. The molecule has 0 amide bonds. The normalized spacial score (nSPS) is 48.1. The quantitative estimate of drug-likeness (QED) is 0.192. The van der Waals surface area contributed by atoms with Crippen LogP contribution in [0.1, 0.15) is 113 Å². The Morgan fingerprint density at radius 3 is 2.13 bits per heavy atom. The van der Waals surface area contributed by atoms with Gasteiger partial charge in [-0.1, -0.05) is 27.7 Å². The first kappa shape index (κ1) is 39.6. The van der Waals surface area contributed by atoms with E-state index in [-0.39, 0.29) is 47.4 Å². The number of ether oxygens (including phenoxy) is 8. The van der Waals surface area contributed by atoms with E-state index in [0.29, 0.717) is 48.7 Å². The molecule has 0 aromatic rings. The lowest BCUT2D eigenvalue weighted by atomic mass is 9.44. The van der Waals surface area contributed by atoms with Gasteiger partial charge < -0.3 is 37.9 Å². The molecule has 4 aliphatic carbocycles. The van der Waals surface area contributed by atoms with E-state index >= 15 is 0 Å². The van der Waals surface area contributed by atoms with Gasteiger partial charge in [0.15, 0.2) is 30.4 Å². The number of rotatable bonds is 7. The monoisotopic (exact) mass is 760 g/mol. The summed E-state index contributed by atoms with van der Waals surface area (Å²) in [7, 11) is 0. The van der Waals surface area contributed by atoms with Crippen LogP contribution in [0.4, 0.5) is 0 Å². The summed E-state index contributed by atoms with van der Waals surface area (Å²) in [4.78, 5) is 63.2. The molecular weight excluding hydrogens is 700 g/mol. The van der Waals surface area contributed by atoms with Gasteiger partial charge in [0.05, 0.1) is 18.8 Å². The lowest BCUT2D eigenvalue weighted by molar-refractivity contribution is -0.321. The Hall–Kier alpha value is -2.61. The molecule has 3 saturated heterocycles. The van der Waals surface area contributed by atoms with E-state index in [2.05, 4.69) is 27.7 Å². The van der Waals surface area contributed by atoms with Crippen molar-refractivity contribution in [1.29, 1.82) is 0 Å². The summed E-state index contributed by atoms with van der Waals surface area (Å²) in [6.07, 6.45) is 1.33. The zero-order chi connectivity index (χ0) is 38.9. The number of carbonyl (C=O) groups excluding carboxylic acids is 5. The molecule has 54 heavy (non-hydrogen) atoms. The van der Waals surface area contributed by atoms with E-state index in [1.54, 1.807) is 0 Å². The molecule has 13 nitrogen and oxygen atoms in total. The highest BCUT2D eigenvalue weighted by Crippen LogP contribution is 2.70. The Kier molecular flexibility index (Phi) is 10.8. The number of hydrogen-bond donors (Lipinski definition) is 0. The maximum atomic E-state index is 14.6. The molecule has 7 rings (SSSR count). The number of carbonyl (C=O) groups is 5. The lowest BCUT2D eigenvalue weighted by Crippen LogP contribution is -2.63. The molecule has 3 heterocycles. The van der Waals surface area contributed by atoms with Gasteiger partial charge in [-0.05, 0) is 85.4 Å². The van der Waals surface area contributed by atoms with Gasteiger partial charge in [-0.25, -0.2) is 0 Å². The summed E-state index contributed by atoms with van der Waals surface area (Å²) in [6.45, 7) is 14.5. The third-order valence-electron chi connectivity index (χ3n) is 14.8. The van der Waals surface area contributed by atoms with Crippen molar-refractivity contribution in [3.8, 4) is 0 Å². The average Bonchev–Trinajstić information content (AvgIpc) is 3.52. The molecule has 7 fully saturated rings. The second-order valence-electron chi connectivity index (χ2n) is 18.3. The summed E-state index contributed by atoms with van der Waals surface area (Å²) in [6, 6.07) is 0. The zero-order valence-electron chi connectivity index (χ0n) is 33.2. The van der Waals surface area contributed by atoms with Crippen LogP contribution in [0.5, 0.6) is 0 Å². The van der Waals surface area contributed by atoms with Crippen molar-refractivity contribution in [3.63, 3.8) is 0 Å². The highest BCUT2D eigenvalue weighted by atomic mass is 16.7. The predicted octanol–water partition coefficient (Wildman–Crippen LogP) is 5.08. The van der Waals surface area contributed by atoms with Crippen LogP contribution in [0.15, 0.2) is 0 Å². The largest absolute Gasteiger partial charge is 0.463 e. The number of fused-ring (bicyclic) bond motifs is 7. The van der Waals surface area contributed by atoms with E-state index in [9.17, 15) is 24.0 Å². The standard InChI is InChI=1S/C41H60O13/c1-20-11-14-41(48-18-20)21(2)33-31(54-41)16-29-28-10-9-26-15-27(12-13-39(26,7)34(28)30(46)17-40(29,33)8)52-38-37(51-25(6)45)36(50-24(5)44)35(49-23(4)43)32(53-38)19-47-22(3)42/h20-21,26-29,31-38H,9-19H2,1-8H3/t20-,21+,26+,27+,28+,29+,31+,32-,33+,34-,35-,36+,37-,38-,39+,40+,41-/m1/s1. The van der Waals surface area contributed by atoms with E-state index in [4.69, 9.17) is 37.9 Å². The van der Waals surface area contributed by atoms with Crippen LogP contribution in [0, 0.1) is 52.3 Å². The van der Waals surface area contributed by atoms with E-state index in [0.717, 1.165) is 45.1 Å². The molecule has 3 aliphatic heterocycles. The number of hydrogen-bond acceptors (Lipinski definition) is 13. The molecule has 4 saturated carbocycles. The van der Waals surface area contributed by atoms with Crippen LogP contribution in [-0.2, 0) is 61.9 Å². The molecule has 1 spiro atoms. The van der Waals surface area contributed by atoms with E-state index in [1.165, 1.54) is 27.7 Å². The van der Waals surface area contributed by atoms with Crippen LogP contribution in [0.25, 0.3) is 0 Å². The van der Waals surface area contributed by atoms with E-state index in [1.807, 2.05) is 0 Å². The molecule has 0 aromatic carbocycles. The highest BCUT2D eigenvalue weighted by molar-refractivity contribution is 5.84. The van der Waals surface area contributed by atoms with Crippen LogP contribution in [0.2, 0.25) is 0 Å². The van der Waals surface area contributed by atoms with Crippen molar-refractivity contribution in [3.05, 3.63) is 0 Å². The van der Waals surface area contributed by atoms with Gasteiger partial charge >= 0.3 is 23.9 Å². The SMILES string of the molecule is CC(=O)OC[C@H]1O[C@@H](O[C@H]2CC[C@@]3(C)[C@@H](CC[C@H]4[C@@H]5C[C@@H]6O[C@]7(CC[C@@H](C)CO7)[C@@H](C)[C@@H]6[C@@]5(C)CC(=O)[C@@H]43)C2)[C@H](OC(C)=O)[C@@H](OC(C)=O)[C@@H]1OC(C)=O. The van der Waals surface area contributed by atoms with Crippen molar-refractivity contribution in [1.82, 2.24) is 0 Å². The van der Waals surface area contributed by atoms with Crippen LogP contribution >= 0.6 is 0 Å². The van der Waals surface area contributed by atoms with Crippen molar-refractivity contribution < 1.29 is 61.9 Å². The van der Waals surface area contributed by atoms with Gasteiger partial charge in [0.1, 0.15) is 18.5 Å². The van der Waals surface area contributed by atoms with Crippen molar-refractivity contribution in [2.45, 2.75) is 162 Å². The van der Waals surface area contributed by atoms with Crippen LogP contribution < -0.4 is 0 Å². The van der Waals surface area contributed by atoms with Crippen molar-refractivity contribution in [2.75, 3.05) is 13.2 Å². The molecule has 17 atom stereocenters. The third kappa shape index (κ3) is 6.91. The minimum absolute atomic E-state index is 0.0316. The summed E-state index contributed by atoms with van der Waals surface area (Å²) >= 11 is 0. The molecule has 7 aliphatic rings. The average molecular weight is 761 g/mol. The summed E-state index contributed by atoms with van der Waals surface area (Å²) < 4.78 is 48.3. The second kappa shape index (κ2) is 14.7.